The lowest BCUT2D eigenvalue weighted by atomic mass is 9.45. The van der Waals surface area contributed by atoms with Crippen LogP contribution >= 0.6 is 0 Å². The molecule has 6 nitrogen and oxygen atoms in total. The molecule has 0 aromatic rings. The molecule has 0 amide bonds. The SMILES string of the molecule is CC(=O)OC1CC2=CCC3C(C(O)CC4(C(=O)O)C(C(C)CCC(C)C(C)C)CCC34)C2(C)C(O)C1. The molecule has 4 aliphatic carbocycles. The summed E-state index contributed by atoms with van der Waals surface area (Å²) in [6, 6.07) is 0. The van der Waals surface area contributed by atoms with E-state index in [0.29, 0.717) is 30.6 Å². The predicted molar refractivity (Wildman–Crippen MR) is 138 cm³/mol. The van der Waals surface area contributed by atoms with Crippen LogP contribution in [0.1, 0.15) is 92.9 Å². The number of carboxylic acid groups (broad SMARTS) is 1. The van der Waals surface area contributed by atoms with Crippen LogP contribution in [-0.4, -0.2) is 45.6 Å². The largest absolute Gasteiger partial charge is 0.481 e. The Morgan fingerprint density at radius 3 is 2.44 bits per heavy atom. The molecule has 0 spiro atoms. The van der Waals surface area contributed by atoms with Crippen LogP contribution < -0.4 is 0 Å². The van der Waals surface area contributed by atoms with E-state index in [1.807, 2.05) is 6.92 Å². The van der Waals surface area contributed by atoms with E-state index in [2.05, 4.69) is 33.8 Å². The molecule has 0 aromatic carbocycles. The topological polar surface area (TPSA) is 104 Å². The number of esters is 1. The highest BCUT2D eigenvalue weighted by atomic mass is 16.5. The third-order valence-corrected chi connectivity index (χ3v) is 11.3. The minimum absolute atomic E-state index is 0.00592. The number of carboxylic acids is 1. The molecule has 4 rings (SSSR count). The van der Waals surface area contributed by atoms with Gasteiger partial charge in [-0.15, -0.1) is 0 Å². The van der Waals surface area contributed by atoms with Crippen molar-refractivity contribution in [2.24, 2.45) is 52.3 Å². The van der Waals surface area contributed by atoms with E-state index < -0.39 is 29.0 Å². The summed E-state index contributed by atoms with van der Waals surface area (Å²) in [4.78, 5) is 24.6. The molecule has 11 atom stereocenters. The predicted octanol–water partition coefficient (Wildman–Crippen LogP) is 5.21. The Hall–Kier alpha value is -1.40. The number of fused-ring (bicyclic) bond motifs is 5. The Morgan fingerprint density at radius 2 is 1.83 bits per heavy atom. The maximum absolute atomic E-state index is 13.1. The van der Waals surface area contributed by atoms with Gasteiger partial charge in [0, 0.05) is 25.2 Å². The van der Waals surface area contributed by atoms with Gasteiger partial charge in [0.15, 0.2) is 0 Å². The van der Waals surface area contributed by atoms with E-state index in [1.165, 1.54) is 6.92 Å². The molecule has 3 fully saturated rings. The van der Waals surface area contributed by atoms with Crippen LogP contribution in [0.4, 0.5) is 0 Å². The maximum Gasteiger partial charge on any atom is 0.310 e. The van der Waals surface area contributed by atoms with Crippen LogP contribution in [0.2, 0.25) is 0 Å². The van der Waals surface area contributed by atoms with Gasteiger partial charge in [-0.05, 0) is 67.1 Å². The summed E-state index contributed by atoms with van der Waals surface area (Å²) in [7, 11) is 0. The third kappa shape index (κ3) is 4.34. The van der Waals surface area contributed by atoms with Gasteiger partial charge in [0.05, 0.1) is 17.6 Å². The molecule has 0 radical (unpaired) electrons. The number of aliphatic hydroxyl groups is 2. The highest BCUT2D eigenvalue weighted by Gasteiger charge is 2.68. The highest BCUT2D eigenvalue weighted by molar-refractivity contribution is 5.76. The van der Waals surface area contributed by atoms with Crippen molar-refractivity contribution in [3.8, 4) is 0 Å². The Labute approximate surface area is 216 Å². The minimum atomic E-state index is -0.900. The van der Waals surface area contributed by atoms with Crippen molar-refractivity contribution in [2.45, 2.75) is 111 Å². The molecule has 0 aliphatic heterocycles. The number of ether oxygens (including phenoxy) is 1. The average Bonchev–Trinajstić information content (AvgIpc) is 3.18. The number of rotatable bonds is 7. The summed E-state index contributed by atoms with van der Waals surface area (Å²) < 4.78 is 5.45. The molecule has 3 saturated carbocycles. The fourth-order valence-electron chi connectivity index (χ4n) is 9.07. The van der Waals surface area contributed by atoms with Crippen LogP contribution in [0, 0.1) is 52.3 Å². The van der Waals surface area contributed by atoms with Crippen LogP contribution in [0.25, 0.3) is 0 Å². The van der Waals surface area contributed by atoms with E-state index in [4.69, 9.17) is 4.74 Å². The van der Waals surface area contributed by atoms with Crippen LogP contribution in [0.3, 0.4) is 0 Å². The fraction of sp³-hybridized carbons (Fsp3) is 0.867. The van der Waals surface area contributed by atoms with E-state index in [1.54, 1.807) is 0 Å². The van der Waals surface area contributed by atoms with Crippen molar-refractivity contribution in [3.05, 3.63) is 11.6 Å². The van der Waals surface area contributed by atoms with Crippen molar-refractivity contribution in [3.63, 3.8) is 0 Å². The first-order valence-corrected chi connectivity index (χ1v) is 14.3. The second kappa shape index (κ2) is 10.1. The Morgan fingerprint density at radius 1 is 1.14 bits per heavy atom. The number of carbonyl (C=O) groups excluding carboxylic acids is 1. The first-order valence-electron chi connectivity index (χ1n) is 14.3. The Bertz CT molecular complexity index is 881. The molecule has 0 heterocycles. The number of carbonyl (C=O) groups is 2. The monoisotopic (exact) mass is 504 g/mol. The fourth-order valence-corrected chi connectivity index (χ4v) is 9.07. The normalized spacial score (nSPS) is 43.6. The van der Waals surface area contributed by atoms with Crippen LogP contribution in [0.5, 0.6) is 0 Å². The average molecular weight is 505 g/mol. The summed E-state index contributed by atoms with van der Waals surface area (Å²) in [5, 5.41) is 33.8. The number of aliphatic carboxylic acids is 1. The minimum Gasteiger partial charge on any atom is -0.481 e. The van der Waals surface area contributed by atoms with Gasteiger partial charge in [0.25, 0.3) is 0 Å². The smallest absolute Gasteiger partial charge is 0.310 e. The second-order valence-electron chi connectivity index (χ2n) is 13.3. The number of allylic oxidation sites excluding steroid dienone is 1. The zero-order valence-corrected chi connectivity index (χ0v) is 23.1. The quantitative estimate of drug-likeness (QED) is 0.325. The first kappa shape index (κ1) is 27.6. The van der Waals surface area contributed by atoms with Crippen LogP contribution in [0.15, 0.2) is 11.6 Å². The number of hydrogen-bond acceptors (Lipinski definition) is 5. The molecular formula is C30H48O6. The van der Waals surface area contributed by atoms with Crippen molar-refractivity contribution in [2.75, 3.05) is 0 Å². The summed E-state index contributed by atoms with van der Waals surface area (Å²) in [5.41, 5.74) is -0.468. The van der Waals surface area contributed by atoms with Crippen molar-refractivity contribution in [1.29, 1.82) is 0 Å². The molecule has 0 bridgehead atoms. The zero-order valence-electron chi connectivity index (χ0n) is 23.1. The summed E-state index contributed by atoms with van der Waals surface area (Å²) >= 11 is 0. The molecule has 6 heteroatoms. The van der Waals surface area contributed by atoms with Crippen LogP contribution in [-0.2, 0) is 14.3 Å². The third-order valence-electron chi connectivity index (χ3n) is 11.3. The standard InChI is InChI=1S/C30H48O6/c1-16(2)17(3)7-8-18(4)23-11-12-24-22-10-9-20-13-21(36-19(5)31)14-26(33)29(20,6)27(22)25(32)15-30(23,24)28(34)35/h9,16-18,21-27,32-33H,7-8,10-15H2,1-6H3,(H,34,35). The van der Waals surface area contributed by atoms with Gasteiger partial charge < -0.3 is 20.1 Å². The first-order chi connectivity index (χ1) is 16.8. The van der Waals surface area contributed by atoms with Gasteiger partial charge in [-0.3, -0.25) is 9.59 Å². The molecular weight excluding hydrogens is 456 g/mol. The molecule has 36 heavy (non-hydrogen) atoms. The zero-order chi connectivity index (χ0) is 26.6. The van der Waals surface area contributed by atoms with E-state index >= 15 is 0 Å². The molecule has 11 unspecified atom stereocenters. The molecule has 0 saturated heterocycles. The molecule has 204 valence electrons. The highest BCUT2D eigenvalue weighted by Crippen LogP contribution is 2.67. The summed E-state index contributed by atoms with van der Waals surface area (Å²) in [6.45, 7) is 12.4. The van der Waals surface area contributed by atoms with Gasteiger partial charge in [0.1, 0.15) is 6.10 Å². The van der Waals surface area contributed by atoms with Crippen molar-refractivity contribution < 1.29 is 29.6 Å². The van der Waals surface area contributed by atoms with Crippen molar-refractivity contribution in [1.82, 2.24) is 0 Å². The van der Waals surface area contributed by atoms with E-state index in [9.17, 15) is 24.9 Å². The lowest BCUT2D eigenvalue weighted by Gasteiger charge is -2.60. The van der Waals surface area contributed by atoms with Gasteiger partial charge in [0.2, 0.25) is 0 Å². The lowest BCUT2D eigenvalue weighted by molar-refractivity contribution is -0.189. The Kier molecular flexibility index (Phi) is 7.72. The van der Waals surface area contributed by atoms with Gasteiger partial charge in [-0.25, -0.2) is 0 Å². The van der Waals surface area contributed by atoms with E-state index in [-0.39, 0.29) is 42.2 Å². The molecule has 0 aromatic heterocycles. The number of hydrogen-bond donors (Lipinski definition) is 3. The van der Waals surface area contributed by atoms with Crippen molar-refractivity contribution >= 4 is 11.9 Å². The molecule has 4 aliphatic rings. The summed E-state index contributed by atoms with van der Waals surface area (Å²) in [6.07, 6.45) is 6.12. The Balaban J connectivity index is 1.62. The second-order valence-corrected chi connectivity index (χ2v) is 13.3. The van der Waals surface area contributed by atoms with Gasteiger partial charge >= 0.3 is 11.9 Å². The lowest BCUT2D eigenvalue weighted by Crippen LogP contribution is -2.62. The summed E-state index contributed by atoms with van der Waals surface area (Å²) in [5.74, 6) is 0.361. The van der Waals surface area contributed by atoms with Gasteiger partial charge in [-0.2, -0.15) is 0 Å². The van der Waals surface area contributed by atoms with Gasteiger partial charge in [-0.1, -0.05) is 59.1 Å². The molecule has 3 N–H and O–H groups in total. The van der Waals surface area contributed by atoms with E-state index in [0.717, 1.165) is 37.7 Å². The maximum atomic E-state index is 13.1. The number of aliphatic hydroxyl groups excluding tert-OH is 2.